The molecule has 186 valence electrons. The molecule has 0 N–H and O–H groups in total. The maximum Gasteiger partial charge on any atom is 0.340 e. The Balaban J connectivity index is 1.84. The number of allylic oxidation sites excluding steroid dienone is 1. The van der Waals surface area contributed by atoms with E-state index < -0.39 is 5.97 Å². The molecule has 0 saturated heterocycles. The van der Waals surface area contributed by atoms with Crippen molar-refractivity contribution in [3.63, 3.8) is 0 Å². The van der Waals surface area contributed by atoms with Crippen molar-refractivity contribution in [2.45, 2.75) is 27.7 Å². The molecule has 0 bridgehead atoms. The molecule has 1 aromatic heterocycles. The highest BCUT2D eigenvalue weighted by Crippen LogP contribution is 2.37. The van der Waals surface area contributed by atoms with E-state index in [1.165, 1.54) is 4.90 Å². The van der Waals surface area contributed by atoms with Crippen LogP contribution in [0.5, 0.6) is 5.75 Å². The predicted octanol–water partition coefficient (Wildman–Crippen LogP) is 6.68. The summed E-state index contributed by atoms with van der Waals surface area (Å²) in [6, 6.07) is 14.4. The molecule has 0 aliphatic carbocycles. The molecule has 0 atom stereocenters. The van der Waals surface area contributed by atoms with Crippen LogP contribution in [-0.4, -0.2) is 30.2 Å². The number of amides is 1. The first-order valence-corrected chi connectivity index (χ1v) is 12.2. The van der Waals surface area contributed by atoms with E-state index in [-0.39, 0.29) is 23.7 Å². The fourth-order valence-corrected chi connectivity index (χ4v) is 4.99. The second-order valence-corrected chi connectivity index (χ2v) is 9.24. The highest BCUT2D eigenvalue weighted by Gasteiger charge is 2.38. The SMILES string of the molecule is CCOC(=O)C1=C(C)N(c2ccc(OC)cc2)C(=O)/C1=C\c1cc(C)n(-c2cc(Cl)cc(Cl)c2)c1C. The van der Waals surface area contributed by atoms with Crippen LogP contribution in [0, 0.1) is 13.8 Å². The van der Waals surface area contributed by atoms with Crippen LogP contribution < -0.4 is 9.64 Å². The zero-order chi connectivity index (χ0) is 26.1. The molecule has 0 radical (unpaired) electrons. The van der Waals surface area contributed by atoms with Gasteiger partial charge < -0.3 is 14.0 Å². The molecule has 0 fully saturated rings. The molecule has 1 aliphatic heterocycles. The number of benzene rings is 2. The van der Waals surface area contributed by atoms with Gasteiger partial charge in [0.15, 0.2) is 0 Å². The van der Waals surface area contributed by atoms with Crippen molar-refractivity contribution in [3.8, 4) is 11.4 Å². The molecule has 0 unspecified atom stereocenters. The second-order valence-electron chi connectivity index (χ2n) is 8.37. The number of halogens is 2. The van der Waals surface area contributed by atoms with E-state index in [1.807, 2.05) is 36.6 Å². The van der Waals surface area contributed by atoms with Gasteiger partial charge in [-0.3, -0.25) is 9.69 Å². The van der Waals surface area contributed by atoms with Crippen LogP contribution >= 0.6 is 23.2 Å². The number of anilines is 1. The van der Waals surface area contributed by atoms with Gasteiger partial charge in [-0.25, -0.2) is 4.79 Å². The van der Waals surface area contributed by atoms with Gasteiger partial charge in [0, 0.05) is 38.5 Å². The summed E-state index contributed by atoms with van der Waals surface area (Å²) in [6.07, 6.45) is 1.74. The van der Waals surface area contributed by atoms with Crippen molar-refractivity contribution in [1.82, 2.24) is 4.57 Å². The number of carbonyl (C=O) groups is 2. The molecule has 0 saturated carbocycles. The van der Waals surface area contributed by atoms with Crippen molar-refractivity contribution < 1.29 is 19.1 Å². The van der Waals surface area contributed by atoms with Gasteiger partial charge in [0.1, 0.15) is 5.75 Å². The van der Waals surface area contributed by atoms with Gasteiger partial charge in [-0.2, -0.15) is 0 Å². The third kappa shape index (κ3) is 4.66. The summed E-state index contributed by atoms with van der Waals surface area (Å²) in [6.45, 7) is 7.57. The number of rotatable bonds is 6. The number of nitrogens with zero attached hydrogens (tertiary/aromatic N) is 2. The Bertz CT molecular complexity index is 1400. The second kappa shape index (κ2) is 10.2. The summed E-state index contributed by atoms with van der Waals surface area (Å²) in [7, 11) is 1.58. The van der Waals surface area contributed by atoms with E-state index in [1.54, 1.807) is 57.4 Å². The Kier molecular flexibility index (Phi) is 7.29. The van der Waals surface area contributed by atoms with Crippen LogP contribution in [0.15, 0.2) is 65.4 Å². The van der Waals surface area contributed by atoms with E-state index in [9.17, 15) is 9.59 Å². The topological polar surface area (TPSA) is 60.8 Å². The molecule has 2 aromatic carbocycles. The quantitative estimate of drug-likeness (QED) is 0.266. The Labute approximate surface area is 220 Å². The summed E-state index contributed by atoms with van der Waals surface area (Å²) in [5, 5.41) is 1.04. The van der Waals surface area contributed by atoms with E-state index >= 15 is 0 Å². The van der Waals surface area contributed by atoms with Gasteiger partial charge in [0.25, 0.3) is 5.91 Å². The molecule has 6 nitrogen and oxygen atoms in total. The lowest BCUT2D eigenvalue weighted by Gasteiger charge is -2.18. The van der Waals surface area contributed by atoms with Crippen molar-refractivity contribution >= 4 is 46.8 Å². The fourth-order valence-electron chi connectivity index (χ4n) is 4.48. The lowest BCUT2D eigenvalue weighted by Crippen LogP contribution is -2.24. The average molecular weight is 525 g/mol. The van der Waals surface area contributed by atoms with E-state index in [2.05, 4.69) is 0 Å². The molecule has 0 spiro atoms. The normalized spacial score (nSPS) is 14.7. The van der Waals surface area contributed by atoms with Gasteiger partial charge in [-0.15, -0.1) is 0 Å². The number of methoxy groups -OCH3 is 1. The summed E-state index contributed by atoms with van der Waals surface area (Å²) in [5.41, 5.74) is 5.04. The Morgan fingerprint density at radius 1 is 0.972 bits per heavy atom. The van der Waals surface area contributed by atoms with Crippen LogP contribution in [0.1, 0.15) is 30.8 Å². The van der Waals surface area contributed by atoms with E-state index in [4.69, 9.17) is 32.7 Å². The van der Waals surface area contributed by atoms with Gasteiger partial charge in [-0.05, 0) is 87.9 Å². The van der Waals surface area contributed by atoms with Gasteiger partial charge in [0.05, 0.1) is 24.9 Å². The molecule has 1 aliphatic rings. The van der Waals surface area contributed by atoms with Crippen LogP contribution in [0.2, 0.25) is 10.0 Å². The van der Waals surface area contributed by atoms with Gasteiger partial charge >= 0.3 is 5.97 Å². The number of esters is 1. The molecule has 4 rings (SSSR count). The third-order valence-corrected chi connectivity index (χ3v) is 6.52. The first-order valence-electron chi connectivity index (χ1n) is 11.4. The predicted molar refractivity (Wildman–Crippen MR) is 143 cm³/mol. The molecule has 3 aromatic rings. The maximum absolute atomic E-state index is 13.7. The van der Waals surface area contributed by atoms with Crippen molar-refractivity contribution in [2.75, 3.05) is 18.6 Å². The standard InChI is InChI=1S/C28H26Cl2N2O4/c1-6-36-28(34)26-18(4)32(22-7-9-24(35-5)10-8-22)27(33)25(26)12-19-11-16(2)31(17(19)3)23-14-20(29)13-21(30)15-23/h7-15H,6H2,1-5H3/b25-12-. The van der Waals surface area contributed by atoms with Crippen molar-refractivity contribution in [2.24, 2.45) is 0 Å². The lowest BCUT2D eigenvalue weighted by molar-refractivity contribution is -0.138. The van der Waals surface area contributed by atoms with E-state index in [0.29, 0.717) is 27.2 Å². The number of aryl methyl sites for hydroxylation is 1. The summed E-state index contributed by atoms with van der Waals surface area (Å²) in [5.74, 6) is -0.181. The zero-order valence-electron chi connectivity index (χ0n) is 20.7. The largest absolute Gasteiger partial charge is 0.497 e. The van der Waals surface area contributed by atoms with Crippen molar-refractivity contribution in [1.29, 1.82) is 0 Å². The van der Waals surface area contributed by atoms with Crippen molar-refractivity contribution in [3.05, 3.63) is 92.4 Å². The minimum atomic E-state index is -0.541. The smallest absolute Gasteiger partial charge is 0.340 e. The Hall–Kier alpha value is -3.48. The number of carbonyl (C=O) groups excluding carboxylic acids is 2. The zero-order valence-corrected chi connectivity index (χ0v) is 22.2. The van der Waals surface area contributed by atoms with E-state index in [0.717, 1.165) is 22.6 Å². The first kappa shape index (κ1) is 25.6. The maximum atomic E-state index is 13.7. The highest BCUT2D eigenvalue weighted by atomic mass is 35.5. The highest BCUT2D eigenvalue weighted by molar-refractivity contribution is 6.34. The first-order chi connectivity index (χ1) is 17.2. The molecular formula is C28H26Cl2N2O4. The molecule has 2 heterocycles. The number of ether oxygens (including phenoxy) is 2. The Morgan fingerprint density at radius 2 is 1.61 bits per heavy atom. The van der Waals surface area contributed by atoms with Gasteiger partial charge in [-0.1, -0.05) is 23.2 Å². The third-order valence-electron chi connectivity index (χ3n) is 6.09. The minimum Gasteiger partial charge on any atom is -0.497 e. The molecule has 36 heavy (non-hydrogen) atoms. The molecule has 1 amide bonds. The molecular weight excluding hydrogens is 499 g/mol. The number of hydrogen-bond acceptors (Lipinski definition) is 4. The number of aromatic nitrogens is 1. The fraction of sp³-hybridized carbons (Fsp3) is 0.214. The number of hydrogen-bond donors (Lipinski definition) is 0. The van der Waals surface area contributed by atoms with Crippen LogP contribution in [0.4, 0.5) is 5.69 Å². The minimum absolute atomic E-state index is 0.198. The summed E-state index contributed by atoms with van der Waals surface area (Å²) in [4.78, 5) is 28.2. The van der Waals surface area contributed by atoms with Crippen LogP contribution in [-0.2, 0) is 14.3 Å². The Morgan fingerprint density at radius 3 is 2.19 bits per heavy atom. The summed E-state index contributed by atoms with van der Waals surface area (Å²) >= 11 is 12.5. The average Bonchev–Trinajstić information content (AvgIpc) is 3.24. The van der Waals surface area contributed by atoms with Crippen LogP contribution in [0.3, 0.4) is 0 Å². The van der Waals surface area contributed by atoms with Gasteiger partial charge in [0.2, 0.25) is 0 Å². The van der Waals surface area contributed by atoms with Crippen LogP contribution in [0.25, 0.3) is 11.8 Å². The lowest BCUT2D eigenvalue weighted by atomic mass is 10.0. The monoisotopic (exact) mass is 524 g/mol. The molecule has 8 heteroatoms. The summed E-state index contributed by atoms with van der Waals surface area (Å²) < 4.78 is 12.6.